The lowest BCUT2D eigenvalue weighted by atomic mass is 9.74. The third kappa shape index (κ3) is 3.51. The molecule has 2 unspecified atom stereocenters. The second kappa shape index (κ2) is 7.54. The molecule has 1 aromatic carbocycles. The van der Waals surface area contributed by atoms with Gasteiger partial charge in [-0.25, -0.2) is 9.37 Å². The summed E-state index contributed by atoms with van der Waals surface area (Å²) >= 11 is 0. The molecule has 162 valence electrons. The van der Waals surface area contributed by atoms with E-state index in [0.29, 0.717) is 23.6 Å². The first-order valence-electron chi connectivity index (χ1n) is 10.2. The highest BCUT2D eigenvalue weighted by molar-refractivity contribution is 5.72. The van der Waals surface area contributed by atoms with E-state index in [9.17, 15) is 14.6 Å². The number of phenolic OH excluding ortho intramolecular Hbond substituents is 1. The van der Waals surface area contributed by atoms with Crippen LogP contribution >= 0.6 is 0 Å². The number of aromatic nitrogens is 5. The minimum absolute atomic E-state index is 0.0447. The fourth-order valence-corrected chi connectivity index (χ4v) is 4.72. The molecule has 0 amide bonds. The van der Waals surface area contributed by atoms with Crippen molar-refractivity contribution in [3.63, 3.8) is 0 Å². The molecule has 9 nitrogen and oxygen atoms in total. The van der Waals surface area contributed by atoms with Gasteiger partial charge in [-0.3, -0.25) is 10.00 Å². The van der Waals surface area contributed by atoms with Gasteiger partial charge in [0, 0.05) is 37.9 Å². The Kier molecular flexibility index (Phi) is 4.82. The van der Waals surface area contributed by atoms with Gasteiger partial charge in [-0.2, -0.15) is 5.10 Å². The Morgan fingerprint density at radius 3 is 2.65 bits per heavy atom. The zero-order chi connectivity index (χ0) is 21.7. The summed E-state index contributed by atoms with van der Waals surface area (Å²) < 4.78 is 16.1. The van der Waals surface area contributed by atoms with E-state index in [2.05, 4.69) is 25.6 Å². The number of alkyl halides is 1. The maximum absolute atomic E-state index is 14.4. The Balaban J connectivity index is 1.36. The number of piperidine rings is 2. The number of aliphatic hydroxyl groups excluding tert-OH is 1. The van der Waals surface area contributed by atoms with Crippen LogP contribution in [0.1, 0.15) is 12.8 Å². The van der Waals surface area contributed by atoms with Crippen molar-refractivity contribution in [3.05, 3.63) is 36.8 Å². The average Bonchev–Trinajstić information content (AvgIpc) is 3.19. The van der Waals surface area contributed by atoms with Crippen molar-refractivity contribution in [3.8, 4) is 28.3 Å². The molecule has 3 fully saturated rings. The Bertz CT molecular complexity index is 1080. The van der Waals surface area contributed by atoms with E-state index in [4.69, 9.17) is 0 Å². The van der Waals surface area contributed by atoms with Crippen LogP contribution in [0, 0.1) is 5.92 Å². The molecule has 31 heavy (non-hydrogen) atoms. The van der Waals surface area contributed by atoms with Crippen molar-refractivity contribution in [2.24, 2.45) is 13.0 Å². The molecular weight excluding hydrogens is 401 g/mol. The summed E-state index contributed by atoms with van der Waals surface area (Å²) in [6.07, 6.45) is 4.37. The second-order valence-electron chi connectivity index (χ2n) is 8.33. The van der Waals surface area contributed by atoms with Gasteiger partial charge in [0.15, 0.2) is 11.6 Å². The fourth-order valence-electron chi connectivity index (χ4n) is 4.72. The second-order valence-corrected chi connectivity index (χ2v) is 8.33. The zero-order valence-electron chi connectivity index (χ0n) is 17.2. The number of nitrogens with one attached hydrogen (secondary N) is 1. The van der Waals surface area contributed by atoms with Crippen LogP contribution < -0.4 is 10.2 Å². The van der Waals surface area contributed by atoms with E-state index in [1.165, 1.54) is 0 Å². The summed E-state index contributed by atoms with van der Waals surface area (Å²) in [7, 11) is 3.65. The van der Waals surface area contributed by atoms with Crippen LogP contribution in [0.5, 0.6) is 5.75 Å². The third-order valence-corrected chi connectivity index (χ3v) is 6.35. The first-order chi connectivity index (χ1) is 14.9. The fraction of sp³-hybridized carbons (Fsp3) is 0.429. The molecule has 2 aliphatic heterocycles. The van der Waals surface area contributed by atoms with Gasteiger partial charge in [0.2, 0.25) is 0 Å². The first kappa shape index (κ1) is 19.8. The number of rotatable bonds is 4. The van der Waals surface area contributed by atoms with E-state index in [-0.39, 0.29) is 17.8 Å². The minimum atomic E-state index is -1.06. The normalized spacial score (nSPS) is 27.4. The molecule has 4 heterocycles. The van der Waals surface area contributed by atoms with Crippen LogP contribution in [0.3, 0.4) is 0 Å². The third-order valence-electron chi connectivity index (χ3n) is 6.35. The average molecular weight is 425 g/mol. The van der Waals surface area contributed by atoms with Gasteiger partial charge >= 0.3 is 0 Å². The molecule has 2 aromatic heterocycles. The molecule has 3 aromatic rings. The Morgan fingerprint density at radius 2 is 2.03 bits per heavy atom. The van der Waals surface area contributed by atoms with Gasteiger partial charge in [0.25, 0.3) is 0 Å². The van der Waals surface area contributed by atoms with Gasteiger partial charge in [0.05, 0.1) is 23.9 Å². The number of aliphatic hydroxyl groups is 1. The highest BCUT2D eigenvalue weighted by atomic mass is 19.1. The lowest BCUT2D eigenvalue weighted by molar-refractivity contribution is -0.0649. The van der Waals surface area contributed by atoms with Crippen molar-refractivity contribution in [2.75, 3.05) is 11.9 Å². The van der Waals surface area contributed by atoms with Crippen molar-refractivity contribution in [1.82, 2.24) is 30.3 Å². The molecule has 0 spiro atoms. The summed E-state index contributed by atoms with van der Waals surface area (Å²) in [5, 5.41) is 36.3. The molecule has 3 N–H and O–H groups in total. The number of fused-ring (bicyclic) bond motifs is 3. The molecule has 1 aliphatic carbocycles. The van der Waals surface area contributed by atoms with E-state index in [1.807, 2.05) is 31.3 Å². The van der Waals surface area contributed by atoms with Gasteiger partial charge in [-0.15, -0.1) is 10.2 Å². The highest BCUT2D eigenvalue weighted by Crippen LogP contribution is 2.38. The predicted molar refractivity (Wildman–Crippen MR) is 112 cm³/mol. The lowest BCUT2D eigenvalue weighted by Crippen LogP contribution is -2.66. The molecular formula is C21H24FN7O2. The lowest BCUT2D eigenvalue weighted by Gasteiger charge is -2.50. The molecule has 6 rings (SSSR count). The Morgan fingerprint density at radius 1 is 1.19 bits per heavy atom. The quantitative estimate of drug-likeness (QED) is 0.576. The van der Waals surface area contributed by atoms with Gasteiger partial charge in [0.1, 0.15) is 18.1 Å². The smallest absolute Gasteiger partial charge is 0.185 e. The molecule has 5 atom stereocenters. The Hall–Kier alpha value is -3.11. The molecule has 3 aliphatic rings. The van der Waals surface area contributed by atoms with E-state index >= 15 is 0 Å². The molecule has 2 saturated heterocycles. The maximum atomic E-state index is 14.4. The topological polar surface area (TPSA) is 112 Å². The van der Waals surface area contributed by atoms with E-state index in [1.54, 1.807) is 29.2 Å². The number of hydrogen-bond donors (Lipinski definition) is 3. The summed E-state index contributed by atoms with van der Waals surface area (Å²) in [5.41, 5.74) is 2.19. The highest BCUT2D eigenvalue weighted by Gasteiger charge is 2.49. The first-order valence-corrected chi connectivity index (χ1v) is 10.2. The van der Waals surface area contributed by atoms with Gasteiger partial charge < -0.3 is 15.1 Å². The number of aromatic hydroxyl groups is 1. The van der Waals surface area contributed by atoms with Crippen molar-refractivity contribution in [1.29, 1.82) is 0 Å². The zero-order valence-corrected chi connectivity index (χ0v) is 17.2. The van der Waals surface area contributed by atoms with Crippen LogP contribution in [0.25, 0.3) is 22.5 Å². The van der Waals surface area contributed by atoms with Gasteiger partial charge in [-0.1, -0.05) is 6.07 Å². The Labute approximate surface area is 178 Å². The van der Waals surface area contributed by atoms with Crippen LogP contribution in [-0.4, -0.2) is 66.7 Å². The van der Waals surface area contributed by atoms with Crippen molar-refractivity contribution >= 4 is 5.82 Å². The SMILES string of the molecule is CN(c1cnc(-c2ccc(-c3cnn(C)c3)cc2O)nn1)[C@H]1CC2C[C@H](F)C1[C@H](O)N2. The molecule has 0 radical (unpaired) electrons. The number of nitrogens with zero attached hydrogens (tertiary/aromatic N) is 6. The minimum Gasteiger partial charge on any atom is -0.507 e. The largest absolute Gasteiger partial charge is 0.507 e. The summed E-state index contributed by atoms with van der Waals surface area (Å²) in [5.74, 6) is 0.304. The summed E-state index contributed by atoms with van der Waals surface area (Å²) in [6.45, 7) is 0. The molecule has 1 saturated carbocycles. The number of phenols is 1. The molecule has 10 heteroatoms. The van der Waals surface area contributed by atoms with Crippen LogP contribution in [-0.2, 0) is 7.05 Å². The maximum Gasteiger partial charge on any atom is 0.185 e. The van der Waals surface area contributed by atoms with Gasteiger partial charge in [-0.05, 0) is 30.5 Å². The van der Waals surface area contributed by atoms with Crippen molar-refractivity contribution in [2.45, 2.75) is 37.3 Å². The van der Waals surface area contributed by atoms with Crippen LogP contribution in [0.2, 0.25) is 0 Å². The number of benzene rings is 1. The van der Waals surface area contributed by atoms with Crippen molar-refractivity contribution < 1.29 is 14.6 Å². The van der Waals surface area contributed by atoms with E-state index < -0.39 is 18.3 Å². The number of anilines is 1. The predicted octanol–water partition coefficient (Wildman–Crippen LogP) is 1.49. The number of aryl methyl sites for hydroxylation is 1. The van der Waals surface area contributed by atoms with Crippen LogP contribution in [0.15, 0.2) is 36.8 Å². The monoisotopic (exact) mass is 425 g/mol. The molecule has 2 bridgehead atoms. The van der Waals surface area contributed by atoms with E-state index in [0.717, 1.165) is 17.5 Å². The summed E-state index contributed by atoms with van der Waals surface area (Å²) in [6, 6.07) is 5.00. The summed E-state index contributed by atoms with van der Waals surface area (Å²) in [4.78, 5) is 6.20. The standard InChI is InChI=1S/C21H24FN7O2/c1-28-10-12(8-24-28)11-3-4-14(17(30)5-11)20-23-9-18(26-27-20)29(2)16-7-13-6-15(22)19(16)21(31)25-13/h3-5,8-10,13,15-16,19,21,25,30-31H,6-7H2,1-2H3/t13?,15-,16-,19?,21-/m0/s1. The number of halogens is 1. The van der Waals surface area contributed by atoms with Crippen LogP contribution in [0.4, 0.5) is 10.2 Å². The number of hydrogen-bond acceptors (Lipinski definition) is 8.